The largest absolute Gasteiger partial charge is 0.481 e. The summed E-state index contributed by atoms with van der Waals surface area (Å²) >= 11 is 0. The van der Waals surface area contributed by atoms with Gasteiger partial charge in [-0.2, -0.15) is 0 Å². The van der Waals surface area contributed by atoms with Crippen molar-refractivity contribution in [3.63, 3.8) is 0 Å². The van der Waals surface area contributed by atoms with Crippen molar-refractivity contribution >= 4 is 45.2 Å². The number of amidine groups is 1. The molecule has 12 nitrogen and oxygen atoms in total. The topological polar surface area (TPSA) is 183 Å². The number of hydrogen-bond acceptors (Lipinski definition) is 7. The van der Waals surface area contributed by atoms with E-state index in [2.05, 4.69) is 4.72 Å². The predicted octanol–water partition coefficient (Wildman–Crippen LogP) is 2.31. The van der Waals surface area contributed by atoms with Crippen LogP contribution < -0.4 is 20.3 Å². The molecule has 0 saturated carbocycles. The Labute approximate surface area is 228 Å². The van der Waals surface area contributed by atoms with Gasteiger partial charge in [-0.25, -0.2) is 17.9 Å². The zero-order chi connectivity index (χ0) is 29.2. The number of amides is 2. The summed E-state index contributed by atoms with van der Waals surface area (Å²) in [4.78, 5) is 37.5. The molecule has 0 spiro atoms. The highest BCUT2D eigenvalue weighted by molar-refractivity contribution is 7.89. The molecule has 1 fully saturated rings. The molecule has 212 valence electrons. The number of anilines is 2. The van der Waals surface area contributed by atoms with E-state index in [1.54, 1.807) is 58.3 Å². The molecule has 5 N–H and O–H groups in total. The average molecular weight is 562 g/mol. The Balaban J connectivity index is 0.00000124. The maximum absolute atomic E-state index is 13.0. The third kappa shape index (κ3) is 9.37. The lowest BCUT2D eigenvalue weighted by Crippen LogP contribution is -2.43. The van der Waals surface area contributed by atoms with Gasteiger partial charge in [0.2, 0.25) is 10.0 Å². The van der Waals surface area contributed by atoms with E-state index in [4.69, 9.17) is 25.8 Å². The van der Waals surface area contributed by atoms with Crippen molar-refractivity contribution < 1.29 is 32.6 Å². The zero-order valence-electron chi connectivity index (χ0n) is 22.2. The summed E-state index contributed by atoms with van der Waals surface area (Å²) in [6.45, 7) is 3.97. The van der Waals surface area contributed by atoms with Gasteiger partial charge in [-0.05, 0) is 54.8 Å². The van der Waals surface area contributed by atoms with Gasteiger partial charge < -0.3 is 15.6 Å². The average Bonchev–Trinajstić information content (AvgIpc) is 3.27. The number of urea groups is 1. The highest BCUT2D eigenvalue weighted by Crippen LogP contribution is 2.26. The lowest BCUT2D eigenvalue weighted by Gasteiger charge is -2.20. The van der Waals surface area contributed by atoms with Crippen LogP contribution in [0.3, 0.4) is 0 Å². The Kier molecular flexibility index (Phi) is 11.4. The second-order valence-corrected chi connectivity index (χ2v) is 10.7. The maximum Gasteiger partial charge on any atom is 0.329 e. The van der Waals surface area contributed by atoms with Crippen LogP contribution in [0.5, 0.6) is 0 Å². The van der Waals surface area contributed by atoms with Gasteiger partial charge in [0.05, 0.1) is 12.9 Å². The number of carbonyl (C=O) groups is 3. The van der Waals surface area contributed by atoms with Crippen molar-refractivity contribution in [2.45, 2.75) is 39.2 Å². The van der Waals surface area contributed by atoms with E-state index >= 15 is 0 Å². The zero-order valence-corrected chi connectivity index (χ0v) is 23.0. The molecule has 0 radical (unpaired) electrons. The number of benzene rings is 2. The Morgan fingerprint density at radius 3 is 2.00 bits per heavy atom. The maximum atomic E-state index is 13.0. The van der Waals surface area contributed by atoms with Crippen LogP contribution >= 0.6 is 0 Å². The van der Waals surface area contributed by atoms with Crippen LogP contribution in [0.2, 0.25) is 0 Å². The van der Waals surface area contributed by atoms with Crippen molar-refractivity contribution in [2.75, 3.05) is 35.8 Å². The fourth-order valence-electron chi connectivity index (χ4n) is 3.81. The van der Waals surface area contributed by atoms with Crippen LogP contribution in [-0.2, 0) is 30.8 Å². The third-order valence-corrected chi connectivity index (χ3v) is 7.23. The molecule has 0 aromatic heterocycles. The number of nitrogens with zero attached hydrogens (tertiary/aromatic N) is 2. The molecular weight excluding hydrogens is 526 g/mol. The summed E-state index contributed by atoms with van der Waals surface area (Å²) in [6, 6.07) is 12.8. The Morgan fingerprint density at radius 2 is 1.56 bits per heavy atom. The van der Waals surface area contributed by atoms with Crippen molar-refractivity contribution in [2.24, 2.45) is 5.73 Å². The number of carboxylic acid groups (broad SMARTS) is 1. The fourth-order valence-corrected chi connectivity index (χ4v) is 5.21. The van der Waals surface area contributed by atoms with Gasteiger partial charge in [-0.1, -0.05) is 25.5 Å². The lowest BCUT2D eigenvalue weighted by atomic mass is 10.1. The standard InChI is InChI=1S/C24H31N5O5S.C2H4O2/c1-3-4-15-35(32,33)27-21(23(30)34-2)16-17-5-9-19(10-6-17)28-13-14-29(24(28)31)20-11-7-18(8-12-20)22(25)26;1-2(3)4/h5-12,21,27H,3-4,13-16H2,1-2H3,(H3,25,26);1H3,(H,3,4). The van der Waals surface area contributed by atoms with Crippen molar-refractivity contribution in [3.8, 4) is 0 Å². The SMILES string of the molecule is CC(=O)O.CCCCS(=O)(=O)NC(Cc1ccc(N2CCN(c3ccc(C(=N)N)cc3)C2=O)cc1)C(=O)OC. The highest BCUT2D eigenvalue weighted by Gasteiger charge is 2.31. The minimum atomic E-state index is -3.61. The number of aliphatic carboxylic acids is 1. The van der Waals surface area contributed by atoms with Gasteiger partial charge in [0.25, 0.3) is 5.97 Å². The number of methoxy groups -OCH3 is 1. The van der Waals surface area contributed by atoms with Crippen LogP contribution in [0.4, 0.5) is 16.2 Å². The number of hydrogen-bond donors (Lipinski definition) is 4. The number of nitrogens with two attached hydrogens (primary N) is 1. The van der Waals surface area contributed by atoms with Crippen LogP contribution in [0, 0.1) is 5.41 Å². The van der Waals surface area contributed by atoms with Gasteiger partial charge in [-0.3, -0.25) is 24.8 Å². The van der Waals surface area contributed by atoms with Crippen LogP contribution in [0.15, 0.2) is 48.5 Å². The van der Waals surface area contributed by atoms with E-state index in [9.17, 15) is 18.0 Å². The molecule has 2 aromatic rings. The van der Waals surface area contributed by atoms with E-state index in [0.717, 1.165) is 24.6 Å². The van der Waals surface area contributed by atoms with Crippen molar-refractivity contribution in [1.29, 1.82) is 5.41 Å². The number of nitrogens with one attached hydrogen (secondary N) is 2. The molecule has 2 aromatic carbocycles. The number of carboxylic acids is 1. The monoisotopic (exact) mass is 561 g/mol. The van der Waals surface area contributed by atoms with Gasteiger partial charge >= 0.3 is 12.0 Å². The molecule has 1 atom stereocenters. The second kappa shape index (κ2) is 14.3. The number of carbonyl (C=O) groups excluding carboxylic acids is 2. The first-order chi connectivity index (χ1) is 18.4. The molecule has 0 aliphatic carbocycles. The summed E-state index contributed by atoms with van der Waals surface area (Å²) in [5.41, 5.74) is 8.22. The van der Waals surface area contributed by atoms with Crippen LogP contribution in [0.25, 0.3) is 0 Å². The first kappa shape index (κ1) is 31.2. The van der Waals surface area contributed by atoms with Gasteiger partial charge in [0.15, 0.2) is 0 Å². The van der Waals surface area contributed by atoms with E-state index in [-0.39, 0.29) is 24.0 Å². The van der Waals surface area contributed by atoms with Crippen molar-refractivity contribution in [1.82, 2.24) is 4.72 Å². The number of unbranched alkanes of at least 4 members (excludes halogenated alkanes) is 1. The van der Waals surface area contributed by atoms with E-state index in [1.807, 2.05) is 6.92 Å². The summed E-state index contributed by atoms with van der Waals surface area (Å²) in [5.74, 6) is -1.58. The van der Waals surface area contributed by atoms with Gasteiger partial charge in [-0.15, -0.1) is 0 Å². The molecule has 1 saturated heterocycles. The summed E-state index contributed by atoms with van der Waals surface area (Å²) < 4.78 is 31.8. The Morgan fingerprint density at radius 1 is 1.08 bits per heavy atom. The quantitative estimate of drug-likeness (QED) is 0.183. The van der Waals surface area contributed by atoms with E-state index in [1.165, 1.54) is 7.11 Å². The third-order valence-electron chi connectivity index (χ3n) is 5.76. The molecule has 13 heteroatoms. The summed E-state index contributed by atoms with van der Waals surface area (Å²) in [5, 5.41) is 14.9. The predicted molar refractivity (Wildman–Crippen MR) is 149 cm³/mol. The van der Waals surface area contributed by atoms with Crippen LogP contribution in [-0.4, -0.2) is 69.3 Å². The van der Waals surface area contributed by atoms with E-state index < -0.39 is 28.0 Å². The number of esters is 1. The molecule has 1 unspecified atom stereocenters. The lowest BCUT2D eigenvalue weighted by molar-refractivity contribution is -0.142. The number of sulfonamides is 1. The number of nitrogen functional groups attached to an aromatic ring is 1. The van der Waals surface area contributed by atoms with Crippen molar-refractivity contribution in [3.05, 3.63) is 59.7 Å². The molecule has 1 aliphatic rings. The smallest absolute Gasteiger partial charge is 0.329 e. The Bertz CT molecular complexity index is 1260. The number of rotatable bonds is 11. The molecule has 1 aliphatic heterocycles. The second-order valence-electron chi connectivity index (χ2n) is 8.80. The van der Waals surface area contributed by atoms with Gasteiger partial charge in [0, 0.05) is 37.0 Å². The molecule has 39 heavy (non-hydrogen) atoms. The minimum Gasteiger partial charge on any atom is -0.481 e. The van der Waals surface area contributed by atoms with Gasteiger partial charge in [0.1, 0.15) is 11.9 Å². The first-order valence-electron chi connectivity index (χ1n) is 12.3. The Hall–Kier alpha value is -3.97. The molecule has 3 rings (SSSR count). The first-order valence-corrected chi connectivity index (χ1v) is 13.9. The molecule has 1 heterocycles. The molecule has 0 bridgehead atoms. The summed E-state index contributed by atoms with van der Waals surface area (Å²) in [7, 11) is -2.40. The molecular formula is C26H35N5O7S. The fraction of sp³-hybridized carbons (Fsp3) is 0.385. The van der Waals surface area contributed by atoms with Crippen LogP contribution in [0.1, 0.15) is 37.8 Å². The molecule has 2 amide bonds. The highest BCUT2D eigenvalue weighted by atomic mass is 32.2. The summed E-state index contributed by atoms with van der Waals surface area (Å²) in [6.07, 6.45) is 1.35. The minimum absolute atomic E-state index is 0.0331. The number of ether oxygens (including phenoxy) is 1. The van der Waals surface area contributed by atoms with E-state index in [0.29, 0.717) is 30.8 Å². The normalized spacial score (nSPS) is 13.9.